The van der Waals surface area contributed by atoms with Crippen molar-refractivity contribution in [2.24, 2.45) is 11.8 Å². The summed E-state index contributed by atoms with van der Waals surface area (Å²) >= 11 is 0. The van der Waals surface area contributed by atoms with Crippen molar-refractivity contribution in [3.63, 3.8) is 0 Å². The third-order valence-corrected chi connectivity index (χ3v) is 4.65. The lowest BCUT2D eigenvalue weighted by Crippen LogP contribution is -2.49. The second-order valence-electron chi connectivity index (χ2n) is 5.58. The largest absolute Gasteiger partial charge is 0.322 e. The number of nitriles is 1. The first-order valence-corrected chi connectivity index (χ1v) is 6.71. The van der Waals surface area contributed by atoms with Crippen molar-refractivity contribution in [3.8, 4) is 6.07 Å². The zero-order valence-electron chi connectivity index (χ0n) is 10.2. The fourth-order valence-electron chi connectivity index (χ4n) is 3.54. The molecular formula is C13H19N3O. The van der Waals surface area contributed by atoms with Gasteiger partial charge in [0.05, 0.1) is 12.1 Å². The molecule has 0 aromatic rings. The summed E-state index contributed by atoms with van der Waals surface area (Å²) in [7, 11) is 0. The lowest BCUT2D eigenvalue weighted by molar-refractivity contribution is -0.135. The van der Waals surface area contributed by atoms with E-state index >= 15 is 0 Å². The second-order valence-corrected chi connectivity index (χ2v) is 5.58. The van der Waals surface area contributed by atoms with Crippen molar-refractivity contribution in [3.05, 3.63) is 0 Å². The van der Waals surface area contributed by atoms with Crippen molar-refractivity contribution >= 4 is 5.91 Å². The van der Waals surface area contributed by atoms with Gasteiger partial charge in [0.15, 0.2) is 0 Å². The van der Waals surface area contributed by atoms with Gasteiger partial charge in [-0.05, 0) is 37.6 Å². The van der Waals surface area contributed by atoms with Crippen molar-refractivity contribution in [2.45, 2.75) is 50.7 Å². The lowest BCUT2D eigenvalue weighted by Gasteiger charge is -2.28. The molecule has 4 nitrogen and oxygen atoms in total. The van der Waals surface area contributed by atoms with Crippen molar-refractivity contribution in [1.82, 2.24) is 10.2 Å². The maximum absolute atomic E-state index is 12.5. The van der Waals surface area contributed by atoms with Gasteiger partial charge in [0, 0.05) is 6.04 Å². The van der Waals surface area contributed by atoms with E-state index in [-0.39, 0.29) is 18.0 Å². The molecule has 1 amide bonds. The highest BCUT2D eigenvalue weighted by molar-refractivity contribution is 5.84. The van der Waals surface area contributed by atoms with Gasteiger partial charge in [-0.25, -0.2) is 0 Å². The first-order valence-electron chi connectivity index (χ1n) is 6.71. The quantitative estimate of drug-likeness (QED) is 0.770. The van der Waals surface area contributed by atoms with Crippen molar-refractivity contribution in [1.29, 1.82) is 5.26 Å². The van der Waals surface area contributed by atoms with E-state index in [1.54, 1.807) is 0 Å². The van der Waals surface area contributed by atoms with Gasteiger partial charge in [0.25, 0.3) is 0 Å². The van der Waals surface area contributed by atoms with E-state index in [4.69, 9.17) is 5.26 Å². The van der Waals surface area contributed by atoms with Crippen molar-refractivity contribution in [2.75, 3.05) is 6.54 Å². The van der Waals surface area contributed by atoms with Gasteiger partial charge in [-0.1, -0.05) is 13.3 Å². The lowest BCUT2D eigenvalue weighted by atomic mass is 9.96. The Morgan fingerprint density at radius 3 is 3.06 bits per heavy atom. The van der Waals surface area contributed by atoms with E-state index in [1.165, 1.54) is 0 Å². The van der Waals surface area contributed by atoms with Gasteiger partial charge >= 0.3 is 0 Å². The van der Waals surface area contributed by atoms with E-state index in [0.29, 0.717) is 17.9 Å². The number of carbonyl (C=O) groups is 1. The zero-order chi connectivity index (χ0) is 12.0. The number of carbonyl (C=O) groups excluding carboxylic acids is 1. The number of likely N-dealkylation sites (tertiary alicyclic amines) is 1. The van der Waals surface area contributed by atoms with Gasteiger partial charge < -0.3 is 10.2 Å². The number of piperidine rings is 1. The van der Waals surface area contributed by atoms with Gasteiger partial charge in [0.2, 0.25) is 5.91 Å². The molecular weight excluding hydrogens is 214 g/mol. The summed E-state index contributed by atoms with van der Waals surface area (Å²) in [6, 6.07) is 2.48. The molecule has 2 heterocycles. The minimum Gasteiger partial charge on any atom is -0.322 e. The number of nitrogens with zero attached hydrogens (tertiary/aromatic N) is 2. The van der Waals surface area contributed by atoms with Crippen LogP contribution in [0.1, 0.15) is 32.6 Å². The Bertz CT molecular complexity index is 375. The molecule has 4 heteroatoms. The van der Waals surface area contributed by atoms with E-state index in [1.807, 2.05) is 4.90 Å². The number of hydrogen-bond acceptors (Lipinski definition) is 3. The first-order chi connectivity index (χ1) is 8.26. The highest BCUT2D eigenvalue weighted by Gasteiger charge is 2.55. The number of rotatable bonds is 2. The van der Waals surface area contributed by atoms with Gasteiger partial charge in [-0.2, -0.15) is 5.26 Å². The highest BCUT2D eigenvalue weighted by atomic mass is 16.2. The Morgan fingerprint density at radius 1 is 1.53 bits per heavy atom. The van der Waals surface area contributed by atoms with Gasteiger partial charge in [-0.15, -0.1) is 0 Å². The minimum atomic E-state index is -0.161. The number of amides is 1. The molecule has 17 heavy (non-hydrogen) atoms. The first kappa shape index (κ1) is 11.0. The van der Waals surface area contributed by atoms with Crippen LogP contribution < -0.4 is 5.32 Å². The van der Waals surface area contributed by atoms with Crippen LogP contribution in [0.3, 0.4) is 0 Å². The van der Waals surface area contributed by atoms with Gasteiger partial charge in [-0.3, -0.25) is 4.79 Å². The molecule has 2 aliphatic heterocycles. The molecule has 92 valence electrons. The molecule has 1 aliphatic carbocycles. The third-order valence-electron chi connectivity index (χ3n) is 4.65. The molecule has 1 N–H and O–H groups in total. The molecule has 3 fully saturated rings. The van der Waals surface area contributed by atoms with Crippen LogP contribution in [0.5, 0.6) is 0 Å². The summed E-state index contributed by atoms with van der Waals surface area (Å²) in [4.78, 5) is 14.4. The number of nitrogens with one attached hydrogen (secondary N) is 1. The fraction of sp³-hybridized carbons (Fsp3) is 0.846. The van der Waals surface area contributed by atoms with Crippen LogP contribution in [-0.2, 0) is 4.79 Å². The van der Waals surface area contributed by atoms with Gasteiger partial charge in [0.1, 0.15) is 6.04 Å². The summed E-state index contributed by atoms with van der Waals surface area (Å²) < 4.78 is 0. The third kappa shape index (κ3) is 1.64. The maximum atomic E-state index is 12.5. The molecule has 2 saturated heterocycles. The van der Waals surface area contributed by atoms with Crippen LogP contribution in [0.2, 0.25) is 0 Å². The average Bonchev–Trinajstić information content (AvgIpc) is 2.82. The van der Waals surface area contributed by atoms with E-state index < -0.39 is 0 Å². The molecule has 2 unspecified atom stereocenters. The summed E-state index contributed by atoms with van der Waals surface area (Å²) in [5.41, 5.74) is 0. The summed E-state index contributed by atoms with van der Waals surface area (Å²) in [5, 5.41) is 12.4. The predicted molar refractivity (Wildman–Crippen MR) is 62.9 cm³/mol. The number of hydrogen-bond donors (Lipinski definition) is 1. The Kier molecular flexibility index (Phi) is 2.59. The second kappa shape index (κ2) is 3.99. The van der Waals surface area contributed by atoms with Crippen LogP contribution in [0.15, 0.2) is 0 Å². The molecule has 5 atom stereocenters. The summed E-state index contributed by atoms with van der Waals surface area (Å²) in [6.07, 6.45) is 4.15. The van der Waals surface area contributed by atoms with Crippen LogP contribution in [0.25, 0.3) is 0 Å². The summed E-state index contributed by atoms with van der Waals surface area (Å²) in [6.45, 7) is 3.08. The van der Waals surface area contributed by atoms with E-state index in [0.717, 1.165) is 32.2 Å². The van der Waals surface area contributed by atoms with Crippen LogP contribution >= 0.6 is 0 Å². The van der Waals surface area contributed by atoms with E-state index in [2.05, 4.69) is 18.3 Å². The topological polar surface area (TPSA) is 56.1 Å². The Balaban J connectivity index is 1.75. The molecule has 0 spiro atoms. The van der Waals surface area contributed by atoms with E-state index in [9.17, 15) is 4.79 Å². The van der Waals surface area contributed by atoms with Crippen LogP contribution in [-0.4, -0.2) is 35.5 Å². The fourth-order valence-corrected chi connectivity index (χ4v) is 3.54. The standard InChI is InChI=1S/C13H19N3O/c1-2-8-3-4-15-12(8)13(17)16-10(7-14)5-9-6-11(9)16/h8-12,15H,2-6H2,1H3/t8?,9-,10+,11+,12?/m1/s1. The highest BCUT2D eigenvalue weighted by Crippen LogP contribution is 2.48. The Labute approximate surface area is 102 Å². The Morgan fingerprint density at radius 2 is 2.35 bits per heavy atom. The maximum Gasteiger partial charge on any atom is 0.241 e. The van der Waals surface area contributed by atoms with Crippen LogP contribution in [0.4, 0.5) is 0 Å². The molecule has 0 bridgehead atoms. The van der Waals surface area contributed by atoms with Crippen molar-refractivity contribution < 1.29 is 4.79 Å². The molecule has 3 aliphatic rings. The molecule has 0 aromatic carbocycles. The van der Waals surface area contributed by atoms with Crippen LogP contribution in [0, 0.1) is 23.2 Å². The monoisotopic (exact) mass is 233 g/mol. The molecule has 0 radical (unpaired) electrons. The number of fused-ring (bicyclic) bond motifs is 1. The SMILES string of the molecule is CCC1CCNC1C(=O)N1[C@H](C#N)C[C@@H]2C[C@@H]21. The normalized spacial score (nSPS) is 43.3. The molecule has 3 rings (SSSR count). The minimum absolute atomic E-state index is 0.0322. The molecule has 0 aromatic heterocycles. The predicted octanol–water partition coefficient (Wildman–Crippen LogP) is 0.887. The zero-order valence-corrected chi connectivity index (χ0v) is 10.2. The Hall–Kier alpha value is -1.08. The average molecular weight is 233 g/mol. The smallest absolute Gasteiger partial charge is 0.241 e. The summed E-state index contributed by atoms with van der Waals surface area (Å²) in [5.74, 6) is 1.26. The molecule has 1 saturated carbocycles.